The highest BCUT2D eigenvalue weighted by Gasteiger charge is 2.24. The number of hydrogen-bond acceptors (Lipinski definition) is 3. The lowest BCUT2D eigenvalue weighted by atomic mass is 10.00. The van der Waals surface area contributed by atoms with Crippen molar-refractivity contribution >= 4 is 11.8 Å². The van der Waals surface area contributed by atoms with Crippen molar-refractivity contribution in [2.24, 2.45) is 11.7 Å². The van der Waals surface area contributed by atoms with Gasteiger partial charge in [-0.15, -0.1) is 0 Å². The van der Waals surface area contributed by atoms with Crippen LogP contribution in [0.1, 0.15) is 32.6 Å². The summed E-state index contributed by atoms with van der Waals surface area (Å²) in [5.74, 6) is -0.616. The third kappa shape index (κ3) is 3.81. The molecular weight excluding hydrogens is 206 g/mol. The van der Waals surface area contributed by atoms with E-state index in [1.54, 1.807) is 0 Å². The van der Waals surface area contributed by atoms with E-state index in [1.165, 1.54) is 12.8 Å². The fraction of sp³-hybridized carbons (Fsp3) is 0.818. The molecule has 1 unspecified atom stereocenters. The Balaban J connectivity index is 2.29. The second-order valence-corrected chi connectivity index (χ2v) is 4.35. The molecule has 1 aliphatic carbocycles. The van der Waals surface area contributed by atoms with Crippen molar-refractivity contribution in [1.82, 2.24) is 10.6 Å². The van der Waals surface area contributed by atoms with E-state index >= 15 is 0 Å². The molecule has 1 fully saturated rings. The van der Waals surface area contributed by atoms with Crippen LogP contribution in [-0.4, -0.2) is 30.9 Å². The zero-order valence-electron chi connectivity index (χ0n) is 9.79. The Hall–Kier alpha value is -1.10. The molecule has 4 N–H and O–H groups in total. The number of hydrogen-bond donors (Lipinski definition) is 3. The summed E-state index contributed by atoms with van der Waals surface area (Å²) >= 11 is 0. The third-order valence-corrected chi connectivity index (χ3v) is 3.10. The van der Waals surface area contributed by atoms with Gasteiger partial charge in [0.2, 0.25) is 0 Å². The number of carbonyl (C=O) groups excluding carboxylic acids is 2. The molecule has 1 aliphatic rings. The molecule has 5 nitrogen and oxygen atoms in total. The van der Waals surface area contributed by atoms with Crippen molar-refractivity contribution in [3.05, 3.63) is 0 Å². The lowest BCUT2D eigenvalue weighted by Crippen LogP contribution is -2.46. The summed E-state index contributed by atoms with van der Waals surface area (Å²) in [5, 5.41) is 5.19. The summed E-state index contributed by atoms with van der Waals surface area (Å²) in [6.07, 6.45) is 4.74. The van der Waals surface area contributed by atoms with Gasteiger partial charge in [-0.05, 0) is 25.7 Å². The van der Waals surface area contributed by atoms with Crippen LogP contribution in [0.15, 0.2) is 0 Å². The van der Waals surface area contributed by atoms with Crippen molar-refractivity contribution in [2.45, 2.75) is 38.6 Å². The maximum atomic E-state index is 11.5. The van der Waals surface area contributed by atoms with Gasteiger partial charge in [0, 0.05) is 19.1 Å². The highest BCUT2D eigenvalue weighted by molar-refractivity contribution is 6.35. The van der Waals surface area contributed by atoms with Gasteiger partial charge in [-0.3, -0.25) is 9.59 Å². The molecule has 1 rings (SSSR count). The summed E-state index contributed by atoms with van der Waals surface area (Å²) in [6.45, 7) is 2.64. The van der Waals surface area contributed by atoms with Crippen molar-refractivity contribution in [2.75, 3.05) is 13.1 Å². The Labute approximate surface area is 96.1 Å². The largest absolute Gasteiger partial charge is 0.347 e. The van der Waals surface area contributed by atoms with E-state index in [1.807, 2.05) is 6.92 Å². The van der Waals surface area contributed by atoms with Gasteiger partial charge < -0.3 is 16.4 Å². The van der Waals surface area contributed by atoms with Gasteiger partial charge in [0.1, 0.15) is 0 Å². The minimum absolute atomic E-state index is 0.0821. The van der Waals surface area contributed by atoms with Gasteiger partial charge in [-0.25, -0.2) is 0 Å². The molecule has 1 atom stereocenters. The number of carbonyl (C=O) groups is 2. The topological polar surface area (TPSA) is 84.2 Å². The molecule has 0 aromatic heterocycles. The smallest absolute Gasteiger partial charge is 0.309 e. The van der Waals surface area contributed by atoms with Crippen LogP contribution >= 0.6 is 0 Å². The second kappa shape index (κ2) is 6.48. The minimum atomic E-state index is -0.588. The van der Waals surface area contributed by atoms with E-state index < -0.39 is 11.8 Å². The fourth-order valence-electron chi connectivity index (χ4n) is 2.11. The first-order chi connectivity index (χ1) is 7.65. The van der Waals surface area contributed by atoms with E-state index in [2.05, 4.69) is 10.6 Å². The molecule has 0 radical (unpaired) electrons. The lowest BCUT2D eigenvalue weighted by molar-refractivity contribution is -0.139. The Morgan fingerprint density at radius 2 is 1.94 bits per heavy atom. The fourth-order valence-corrected chi connectivity index (χ4v) is 2.11. The molecule has 92 valence electrons. The van der Waals surface area contributed by atoms with Crippen LogP contribution in [0.5, 0.6) is 0 Å². The molecular formula is C11H21N3O2. The Kier molecular flexibility index (Phi) is 5.25. The quantitative estimate of drug-likeness (QED) is 0.579. The Morgan fingerprint density at radius 1 is 1.31 bits per heavy atom. The molecule has 5 heteroatoms. The van der Waals surface area contributed by atoms with E-state index in [0.717, 1.165) is 12.8 Å². The van der Waals surface area contributed by atoms with E-state index in [4.69, 9.17) is 5.73 Å². The van der Waals surface area contributed by atoms with Gasteiger partial charge in [0.15, 0.2) is 0 Å². The van der Waals surface area contributed by atoms with Gasteiger partial charge in [-0.1, -0.05) is 12.8 Å². The number of nitrogens with one attached hydrogen (secondary N) is 2. The molecule has 16 heavy (non-hydrogen) atoms. The first-order valence-corrected chi connectivity index (χ1v) is 5.94. The van der Waals surface area contributed by atoms with Gasteiger partial charge in [-0.2, -0.15) is 0 Å². The third-order valence-electron chi connectivity index (χ3n) is 3.10. The monoisotopic (exact) mass is 227 g/mol. The zero-order chi connectivity index (χ0) is 12.0. The van der Waals surface area contributed by atoms with Gasteiger partial charge in [0.05, 0.1) is 0 Å². The Morgan fingerprint density at radius 3 is 2.50 bits per heavy atom. The van der Waals surface area contributed by atoms with E-state index in [9.17, 15) is 9.59 Å². The lowest BCUT2D eigenvalue weighted by Gasteiger charge is -2.19. The average Bonchev–Trinajstić information content (AvgIpc) is 2.79. The summed E-state index contributed by atoms with van der Waals surface area (Å²) in [6, 6.07) is 0.0821. The summed E-state index contributed by atoms with van der Waals surface area (Å²) in [7, 11) is 0. The van der Waals surface area contributed by atoms with Crippen molar-refractivity contribution in [3.8, 4) is 0 Å². The number of amides is 2. The van der Waals surface area contributed by atoms with Gasteiger partial charge >= 0.3 is 11.8 Å². The van der Waals surface area contributed by atoms with Gasteiger partial charge in [0.25, 0.3) is 0 Å². The molecule has 0 heterocycles. The number of rotatable bonds is 4. The van der Waals surface area contributed by atoms with Crippen LogP contribution < -0.4 is 16.4 Å². The van der Waals surface area contributed by atoms with Crippen LogP contribution in [0.4, 0.5) is 0 Å². The van der Waals surface area contributed by atoms with E-state index in [-0.39, 0.29) is 6.04 Å². The molecule has 2 amide bonds. The predicted octanol–water partition coefficient (Wildman–Crippen LogP) is -0.244. The zero-order valence-corrected chi connectivity index (χ0v) is 9.79. The summed E-state index contributed by atoms with van der Waals surface area (Å²) < 4.78 is 0. The van der Waals surface area contributed by atoms with Crippen molar-refractivity contribution < 1.29 is 9.59 Å². The average molecular weight is 227 g/mol. The van der Waals surface area contributed by atoms with Crippen LogP contribution in [0.3, 0.4) is 0 Å². The molecule has 0 saturated heterocycles. The van der Waals surface area contributed by atoms with Crippen LogP contribution in [0.2, 0.25) is 0 Å². The predicted molar refractivity (Wildman–Crippen MR) is 61.6 cm³/mol. The van der Waals surface area contributed by atoms with Crippen LogP contribution in [0, 0.1) is 5.92 Å². The second-order valence-electron chi connectivity index (χ2n) is 4.35. The minimum Gasteiger partial charge on any atom is -0.347 e. The molecule has 0 aromatic rings. The van der Waals surface area contributed by atoms with E-state index in [0.29, 0.717) is 19.0 Å². The maximum Gasteiger partial charge on any atom is 0.309 e. The SMILES string of the molecule is CC(NC(=O)C(=O)NCCN)C1CCCC1. The maximum absolute atomic E-state index is 11.5. The summed E-state index contributed by atoms with van der Waals surface area (Å²) in [5.41, 5.74) is 5.23. The first kappa shape index (κ1) is 13.0. The van der Waals surface area contributed by atoms with Crippen molar-refractivity contribution in [1.29, 1.82) is 0 Å². The normalized spacial score (nSPS) is 18.1. The highest BCUT2D eigenvalue weighted by Crippen LogP contribution is 2.27. The van der Waals surface area contributed by atoms with Crippen molar-refractivity contribution in [3.63, 3.8) is 0 Å². The van der Waals surface area contributed by atoms with Crippen LogP contribution in [0.25, 0.3) is 0 Å². The molecule has 0 aliphatic heterocycles. The standard InChI is InChI=1S/C11H21N3O2/c1-8(9-4-2-3-5-9)14-11(16)10(15)13-7-6-12/h8-9H,2-7,12H2,1H3,(H,13,15)(H,14,16). The molecule has 0 bridgehead atoms. The highest BCUT2D eigenvalue weighted by atomic mass is 16.2. The molecule has 1 saturated carbocycles. The summed E-state index contributed by atoms with van der Waals surface area (Å²) in [4.78, 5) is 22.7. The molecule has 0 spiro atoms. The number of nitrogens with two attached hydrogens (primary N) is 1. The Bertz CT molecular complexity index is 250. The molecule has 0 aromatic carbocycles. The first-order valence-electron chi connectivity index (χ1n) is 5.94. The van der Waals surface area contributed by atoms with Crippen LogP contribution in [-0.2, 0) is 9.59 Å².